The van der Waals surface area contributed by atoms with Crippen LogP contribution in [0.3, 0.4) is 0 Å². The third-order valence-corrected chi connectivity index (χ3v) is 16.3. The van der Waals surface area contributed by atoms with E-state index in [1.165, 1.54) is 46.3 Å². The summed E-state index contributed by atoms with van der Waals surface area (Å²) < 4.78 is 67.5. The van der Waals surface area contributed by atoms with E-state index in [9.17, 15) is 47.7 Å². The maximum Gasteiger partial charge on any atom is 0.416 e. The van der Waals surface area contributed by atoms with Crippen molar-refractivity contribution in [2.45, 2.75) is 137 Å². The minimum atomic E-state index is -4.33. The summed E-state index contributed by atoms with van der Waals surface area (Å²) in [6, 6.07) is 14.4. The number of likely N-dealkylation sites (tertiary alicyclic amines) is 1. The maximum atomic E-state index is 14.7. The average Bonchev–Trinajstić information content (AvgIpc) is 2.99. The number of nitrogens with zero attached hydrogens (tertiary/aromatic N) is 2. The molecule has 17 nitrogen and oxygen atoms in total. The molecule has 10 atom stereocenters. The number of Topliss-reactive ketones (excluding diaryl/α,β-unsaturated/α-hetero) is 2. The van der Waals surface area contributed by atoms with E-state index in [0.717, 1.165) is 50.3 Å². The van der Waals surface area contributed by atoms with Crippen molar-refractivity contribution in [3.8, 4) is 17.2 Å². The van der Waals surface area contributed by atoms with Gasteiger partial charge in [0.1, 0.15) is 40.8 Å². The molecule has 5 bridgehead atoms. The van der Waals surface area contributed by atoms with Crippen LogP contribution in [0.15, 0.2) is 107 Å². The Morgan fingerprint density at radius 2 is 1.58 bits per heavy atom. The number of nitrogens with one attached hydrogen (secondary N) is 3. The Kier molecular flexibility index (Phi) is 20.3. The molecule has 20 heteroatoms. The molecule has 1 spiro atoms. The van der Waals surface area contributed by atoms with Gasteiger partial charge in [0.15, 0.2) is 0 Å². The Labute approximate surface area is 484 Å². The van der Waals surface area contributed by atoms with E-state index in [4.69, 9.17) is 28.7 Å². The van der Waals surface area contributed by atoms with Crippen LogP contribution in [0.5, 0.6) is 17.2 Å². The summed E-state index contributed by atoms with van der Waals surface area (Å²) in [5.41, 5.74) is 0.132. The number of esters is 1. The number of halogens is 3. The monoisotopic (exact) mass is 1160 g/mol. The van der Waals surface area contributed by atoms with E-state index in [1.807, 2.05) is 37.4 Å². The highest BCUT2D eigenvalue weighted by Crippen LogP contribution is 2.50. The number of ketones is 2. The zero-order chi connectivity index (χ0) is 60.9. The number of carbonyl (C=O) groups is 4. The van der Waals surface area contributed by atoms with Gasteiger partial charge in [0.2, 0.25) is 5.78 Å². The lowest BCUT2D eigenvalue weighted by Crippen LogP contribution is -2.50. The Morgan fingerprint density at radius 1 is 0.916 bits per heavy atom. The zero-order valence-electron chi connectivity index (χ0n) is 49.4. The first-order chi connectivity index (χ1) is 39.1. The van der Waals surface area contributed by atoms with Gasteiger partial charge in [-0.05, 0) is 69.3 Å². The van der Waals surface area contributed by atoms with E-state index in [-0.39, 0.29) is 56.8 Å². The summed E-state index contributed by atoms with van der Waals surface area (Å²) >= 11 is 0. The fraction of sp³-hybridized carbons (Fsp3) is 0.508. The molecule has 3 aromatic rings. The summed E-state index contributed by atoms with van der Waals surface area (Å²) in [6.45, 7) is 20.3. The van der Waals surface area contributed by atoms with Gasteiger partial charge in [-0.1, -0.05) is 90.1 Å². The van der Waals surface area contributed by atoms with E-state index < -0.39 is 100 Å². The number of phenols is 1. The summed E-state index contributed by atoms with van der Waals surface area (Å²) in [6.07, 6.45) is 1.25. The molecule has 6 N–H and O–H groups in total. The quantitative estimate of drug-likeness (QED) is 0.104. The average molecular weight is 1160 g/mol. The number of aromatic hydroxyl groups is 1. The largest absolute Gasteiger partial charge is 0.507 e. The molecule has 1 aliphatic carbocycles. The molecule has 0 aromatic heterocycles. The molecule has 450 valence electrons. The molecule has 4 aliphatic heterocycles. The van der Waals surface area contributed by atoms with Crippen molar-refractivity contribution in [3.05, 3.63) is 136 Å². The Hall–Kier alpha value is -6.84. The zero-order valence-corrected chi connectivity index (χ0v) is 49.4. The lowest BCUT2D eigenvalue weighted by atomic mass is 9.78. The minimum absolute atomic E-state index is 0.0164. The number of phenolic OH excluding ortho intramolecular Hbond substituents is 1. The van der Waals surface area contributed by atoms with Gasteiger partial charge in [-0.3, -0.25) is 24.2 Å². The van der Waals surface area contributed by atoms with Gasteiger partial charge < -0.3 is 59.9 Å². The maximum absolute atomic E-state index is 14.7. The van der Waals surface area contributed by atoms with Gasteiger partial charge in [0.05, 0.1) is 52.7 Å². The van der Waals surface area contributed by atoms with Crippen LogP contribution in [0.2, 0.25) is 0 Å². The Morgan fingerprint density at radius 3 is 2.18 bits per heavy atom. The summed E-state index contributed by atoms with van der Waals surface area (Å²) in [4.78, 5) is 63.3. The summed E-state index contributed by atoms with van der Waals surface area (Å²) in [5.74, 6) is -6.35. The number of aliphatic imine (C=N–C) groups is 1. The minimum Gasteiger partial charge on any atom is -0.507 e. The van der Waals surface area contributed by atoms with E-state index in [0.29, 0.717) is 24.5 Å². The summed E-state index contributed by atoms with van der Waals surface area (Å²) in [5, 5.41) is 44.1. The van der Waals surface area contributed by atoms with Gasteiger partial charge in [-0.25, -0.2) is 0 Å². The molecule has 0 radical (unpaired) electrons. The van der Waals surface area contributed by atoms with Crippen LogP contribution >= 0.6 is 0 Å². The van der Waals surface area contributed by atoms with Gasteiger partial charge in [-0.15, -0.1) is 0 Å². The number of benzene rings is 3. The molecular formula is C63H80F3N5O12. The molecule has 8 rings (SSSR count). The molecule has 5 aliphatic rings. The van der Waals surface area contributed by atoms with Crippen LogP contribution in [0.25, 0.3) is 0 Å². The van der Waals surface area contributed by atoms with Gasteiger partial charge in [-0.2, -0.15) is 13.2 Å². The SMILES string of the molecule is CNCCC(Oc1ccc(C(F)(F)F)cc1)c1ccccc1.CO[C@H]1/C=C/O[C@@]2(C)Oc3c(C)c(O)c4c(c3C2=O)C2=NC3(CCN(CC(C)C)CC3)NC2=C(NC(=O)/C(C)=C\C=C\[C@H](C)[C@H](O)[C@@H](C)[C@@H](O)[C@@H](C)[C@H](OC(C)=O)[C@@H]1C)C4=O. The third-order valence-electron chi connectivity index (χ3n) is 16.3. The van der Waals surface area contributed by atoms with Crippen LogP contribution < -0.4 is 25.4 Å². The Bertz CT molecular complexity index is 3020. The number of aliphatic hydroxyl groups is 2. The molecular weight excluding hydrogens is 1080 g/mol. The first-order valence-electron chi connectivity index (χ1n) is 28.3. The number of piperidine rings is 1. The second-order valence-electron chi connectivity index (χ2n) is 23.0. The number of ether oxygens (including phenoxy) is 5. The van der Waals surface area contributed by atoms with Gasteiger partial charge >= 0.3 is 17.9 Å². The van der Waals surface area contributed by atoms with Crippen LogP contribution in [-0.4, -0.2) is 126 Å². The first kappa shape index (κ1) is 63.7. The van der Waals surface area contributed by atoms with Crippen molar-refractivity contribution in [2.24, 2.45) is 34.6 Å². The van der Waals surface area contributed by atoms with Gasteiger partial charge in [0.25, 0.3) is 11.7 Å². The lowest BCUT2D eigenvalue weighted by Gasteiger charge is -2.38. The van der Waals surface area contributed by atoms with Gasteiger partial charge in [0, 0.05) is 100 Å². The van der Waals surface area contributed by atoms with Crippen molar-refractivity contribution >= 4 is 29.2 Å². The number of alkyl halides is 3. The Balaban J connectivity index is 0.000000376. The highest BCUT2D eigenvalue weighted by Gasteiger charge is 2.54. The second kappa shape index (κ2) is 26.4. The number of fused-ring (bicyclic) bond motifs is 3. The first-order valence-corrected chi connectivity index (χ1v) is 28.3. The molecule has 1 saturated heterocycles. The topological polar surface area (TPSA) is 227 Å². The highest BCUT2D eigenvalue weighted by atomic mass is 19.4. The molecule has 1 amide bonds. The molecule has 1 fully saturated rings. The number of methoxy groups -OCH3 is 1. The number of hydrogen-bond acceptors (Lipinski definition) is 16. The third kappa shape index (κ3) is 14.1. The van der Waals surface area contributed by atoms with Crippen LogP contribution in [0.1, 0.15) is 131 Å². The standard InChI is InChI=1S/C46H62N4O11.C17H18F3NO/c1-22(2)21-50-18-16-46(17-19-50)48-34-31-32-39(54)28(8)42-33(31)43(56)45(10,61-42)59-20-15-30(58-11)25(5)41(60-29(9)51)27(7)38(53)26(6)37(52)23(3)13-12-14-24(4)44(57)47-36(40(32)55)35(34)49-46;1-21-12-11-16(13-5-3-2-4-6-13)22-15-9-7-14(8-10-15)17(18,19)20/h12-15,20,22-23,25-27,30,37-38,41,49,52-54H,16-19,21H2,1-11H3,(H,47,57);2-10,16,21H,11-12H2,1H3/b13-12+,20-15+,24-14-;/t23-,25+,26+,27+,30-,37-,38+,41+,45-;/m0./s1. The van der Waals surface area contributed by atoms with E-state index in [2.05, 4.69) is 34.7 Å². The normalized spacial score (nSPS) is 28.3. The molecule has 83 heavy (non-hydrogen) atoms. The predicted octanol–water partition coefficient (Wildman–Crippen LogP) is 9.05. The smallest absolute Gasteiger partial charge is 0.416 e. The number of rotatable bonds is 10. The predicted molar refractivity (Wildman–Crippen MR) is 307 cm³/mol. The van der Waals surface area contributed by atoms with Crippen LogP contribution in [0, 0.1) is 36.5 Å². The summed E-state index contributed by atoms with van der Waals surface area (Å²) in [7, 11) is 3.31. The molecule has 4 heterocycles. The number of allylic oxidation sites excluding steroid dienone is 4. The number of amides is 1. The van der Waals surface area contributed by atoms with Crippen molar-refractivity contribution in [1.82, 2.24) is 20.9 Å². The van der Waals surface area contributed by atoms with Crippen molar-refractivity contribution < 1.29 is 71.4 Å². The van der Waals surface area contributed by atoms with Crippen molar-refractivity contribution in [1.29, 1.82) is 0 Å². The molecule has 1 unspecified atom stereocenters. The fourth-order valence-corrected chi connectivity index (χ4v) is 11.4. The number of aliphatic hydroxyl groups excluding tert-OH is 2. The van der Waals surface area contributed by atoms with Crippen LogP contribution in [0.4, 0.5) is 13.2 Å². The molecule has 3 aromatic carbocycles. The van der Waals surface area contributed by atoms with E-state index in [1.54, 1.807) is 58.9 Å². The van der Waals surface area contributed by atoms with Crippen molar-refractivity contribution in [3.63, 3.8) is 0 Å². The highest BCUT2D eigenvalue weighted by molar-refractivity contribution is 6.34. The number of carbonyl (C=O) groups excluding carboxylic acids is 4. The van der Waals surface area contributed by atoms with Crippen LogP contribution in [-0.2, 0) is 30.0 Å². The van der Waals surface area contributed by atoms with Crippen molar-refractivity contribution in [2.75, 3.05) is 40.3 Å². The molecule has 0 saturated carbocycles. The fourth-order valence-electron chi connectivity index (χ4n) is 11.4. The lowest BCUT2D eigenvalue weighted by molar-refractivity contribution is -0.160. The van der Waals surface area contributed by atoms with E-state index >= 15 is 0 Å². The second-order valence-corrected chi connectivity index (χ2v) is 23.0. The number of hydrogen-bond donors (Lipinski definition) is 6.